The lowest BCUT2D eigenvalue weighted by atomic mass is 10.1. The van der Waals surface area contributed by atoms with Crippen LogP contribution in [0, 0.1) is 0 Å². The van der Waals surface area contributed by atoms with Gasteiger partial charge in [0.05, 0.1) is 21.1 Å². The monoisotopic (exact) mass is 486 g/mol. The van der Waals surface area contributed by atoms with Crippen molar-refractivity contribution in [1.82, 2.24) is 14.9 Å². The molecule has 1 amide bonds. The van der Waals surface area contributed by atoms with Gasteiger partial charge in [-0.1, -0.05) is 59.1 Å². The van der Waals surface area contributed by atoms with Crippen molar-refractivity contribution in [3.8, 4) is 11.4 Å². The summed E-state index contributed by atoms with van der Waals surface area (Å²) in [4.78, 5) is 17.1. The Hall–Kier alpha value is -2.57. The molecule has 0 fully saturated rings. The SMILES string of the molecule is NCCCNC(=O)c1ccc(-c2nc3cc(Cl)c(Cl)cc3n2Cc2ccc(Cl)cc2)cc1. The van der Waals surface area contributed by atoms with E-state index in [0.29, 0.717) is 40.3 Å². The minimum absolute atomic E-state index is 0.127. The van der Waals surface area contributed by atoms with E-state index < -0.39 is 0 Å². The van der Waals surface area contributed by atoms with Gasteiger partial charge in [-0.25, -0.2) is 4.98 Å². The number of hydrogen-bond acceptors (Lipinski definition) is 3. The summed E-state index contributed by atoms with van der Waals surface area (Å²) in [6.45, 7) is 1.66. The zero-order chi connectivity index (χ0) is 22.7. The highest BCUT2D eigenvalue weighted by Crippen LogP contribution is 2.32. The maximum atomic E-state index is 12.3. The van der Waals surface area contributed by atoms with Gasteiger partial charge >= 0.3 is 0 Å². The number of hydrogen-bond donors (Lipinski definition) is 2. The normalized spacial score (nSPS) is 11.1. The van der Waals surface area contributed by atoms with Gasteiger partial charge < -0.3 is 15.6 Å². The molecular weight excluding hydrogens is 467 g/mol. The maximum absolute atomic E-state index is 12.3. The lowest BCUT2D eigenvalue weighted by molar-refractivity contribution is 0.0953. The average molecular weight is 488 g/mol. The van der Waals surface area contributed by atoms with Crippen LogP contribution in [-0.4, -0.2) is 28.5 Å². The Balaban J connectivity index is 1.72. The Morgan fingerprint density at radius 3 is 2.34 bits per heavy atom. The van der Waals surface area contributed by atoms with Crippen molar-refractivity contribution in [3.63, 3.8) is 0 Å². The Kier molecular flexibility index (Phi) is 7.01. The third-order valence-corrected chi connectivity index (χ3v) is 6.09. The van der Waals surface area contributed by atoms with Crippen LogP contribution in [0.1, 0.15) is 22.3 Å². The number of nitrogens with two attached hydrogens (primary N) is 1. The van der Waals surface area contributed by atoms with E-state index in [4.69, 9.17) is 45.5 Å². The zero-order valence-electron chi connectivity index (χ0n) is 17.1. The van der Waals surface area contributed by atoms with E-state index in [0.717, 1.165) is 34.4 Å². The highest BCUT2D eigenvalue weighted by Gasteiger charge is 2.16. The van der Waals surface area contributed by atoms with Crippen molar-refractivity contribution >= 4 is 51.7 Å². The fraction of sp³-hybridized carbons (Fsp3) is 0.167. The second kappa shape index (κ2) is 9.92. The van der Waals surface area contributed by atoms with Crippen LogP contribution in [-0.2, 0) is 6.54 Å². The molecule has 1 heterocycles. The number of halogens is 3. The lowest BCUT2D eigenvalue weighted by Gasteiger charge is -2.11. The number of fused-ring (bicyclic) bond motifs is 1. The van der Waals surface area contributed by atoms with Gasteiger partial charge in [-0.05, 0) is 54.9 Å². The molecule has 32 heavy (non-hydrogen) atoms. The summed E-state index contributed by atoms with van der Waals surface area (Å²) in [7, 11) is 0. The topological polar surface area (TPSA) is 72.9 Å². The van der Waals surface area contributed by atoms with Crippen LogP contribution in [0.2, 0.25) is 15.1 Å². The Labute approximate surface area is 201 Å². The molecule has 0 spiro atoms. The Bertz CT molecular complexity index is 1250. The molecular formula is C24H21Cl3N4O. The second-order valence-electron chi connectivity index (χ2n) is 7.38. The zero-order valence-corrected chi connectivity index (χ0v) is 19.4. The number of benzene rings is 3. The van der Waals surface area contributed by atoms with E-state index in [1.54, 1.807) is 18.2 Å². The first-order valence-corrected chi connectivity index (χ1v) is 11.3. The molecule has 5 nitrogen and oxygen atoms in total. The van der Waals surface area contributed by atoms with Crippen LogP contribution < -0.4 is 11.1 Å². The third-order valence-electron chi connectivity index (χ3n) is 5.12. The minimum atomic E-state index is -0.127. The van der Waals surface area contributed by atoms with Gasteiger partial charge in [0.25, 0.3) is 5.91 Å². The summed E-state index contributed by atoms with van der Waals surface area (Å²) in [5, 5.41) is 4.46. The maximum Gasteiger partial charge on any atom is 0.251 e. The average Bonchev–Trinajstić information content (AvgIpc) is 3.13. The molecule has 164 valence electrons. The first-order valence-electron chi connectivity index (χ1n) is 10.1. The predicted molar refractivity (Wildman–Crippen MR) is 132 cm³/mol. The molecule has 1 aromatic heterocycles. The fourth-order valence-corrected chi connectivity index (χ4v) is 3.89. The molecule has 0 aliphatic carbocycles. The van der Waals surface area contributed by atoms with E-state index in [1.807, 2.05) is 42.5 Å². The summed E-state index contributed by atoms with van der Waals surface area (Å²) in [6.07, 6.45) is 0.740. The number of amides is 1. The first-order chi connectivity index (χ1) is 15.5. The molecule has 3 aromatic carbocycles. The molecule has 8 heteroatoms. The third kappa shape index (κ3) is 4.92. The lowest BCUT2D eigenvalue weighted by Crippen LogP contribution is -2.25. The van der Waals surface area contributed by atoms with E-state index >= 15 is 0 Å². The molecule has 0 saturated carbocycles. The summed E-state index contributed by atoms with van der Waals surface area (Å²) >= 11 is 18.6. The number of carbonyl (C=O) groups excluding carboxylic acids is 1. The number of carbonyl (C=O) groups is 1. The molecule has 0 aliphatic rings. The van der Waals surface area contributed by atoms with Crippen molar-refractivity contribution in [3.05, 3.63) is 86.9 Å². The highest BCUT2D eigenvalue weighted by molar-refractivity contribution is 6.42. The van der Waals surface area contributed by atoms with Crippen LogP contribution in [0.15, 0.2) is 60.7 Å². The van der Waals surface area contributed by atoms with Crippen molar-refractivity contribution in [2.45, 2.75) is 13.0 Å². The van der Waals surface area contributed by atoms with Crippen molar-refractivity contribution in [2.75, 3.05) is 13.1 Å². The largest absolute Gasteiger partial charge is 0.352 e. The number of nitrogens with zero attached hydrogens (tertiary/aromatic N) is 2. The molecule has 0 bridgehead atoms. The van der Waals surface area contributed by atoms with Crippen LogP contribution in [0.5, 0.6) is 0 Å². The Morgan fingerprint density at radius 1 is 0.969 bits per heavy atom. The van der Waals surface area contributed by atoms with Gasteiger partial charge in [0.2, 0.25) is 0 Å². The van der Waals surface area contributed by atoms with Crippen LogP contribution in [0.25, 0.3) is 22.4 Å². The number of nitrogens with one attached hydrogen (secondary N) is 1. The first kappa shape index (κ1) is 22.6. The molecule has 0 saturated heterocycles. The fourth-order valence-electron chi connectivity index (χ4n) is 3.45. The van der Waals surface area contributed by atoms with E-state index in [2.05, 4.69) is 9.88 Å². The minimum Gasteiger partial charge on any atom is -0.352 e. The molecule has 0 unspecified atom stereocenters. The smallest absolute Gasteiger partial charge is 0.251 e. The van der Waals surface area contributed by atoms with Gasteiger partial charge in [0.15, 0.2) is 0 Å². The van der Waals surface area contributed by atoms with E-state index in [1.165, 1.54) is 0 Å². The summed E-state index contributed by atoms with van der Waals surface area (Å²) in [5.74, 6) is 0.626. The number of rotatable bonds is 7. The molecule has 4 aromatic rings. The van der Waals surface area contributed by atoms with Gasteiger partial charge in [0, 0.05) is 29.2 Å². The summed E-state index contributed by atoms with van der Waals surface area (Å²) < 4.78 is 2.08. The van der Waals surface area contributed by atoms with Gasteiger partial charge in [-0.15, -0.1) is 0 Å². The molecule has 3 N–H and O–H groups in total. The van der Waals surface area contributed by atoms with Crippen LogP contribution in [0.4, 0.5) is 0 Å². The van der Waals surface area contributed by atoms with E-state index in [-0.39, 0.29) is 5.91 Å². The second-order valence-corrected chi connectivity index (χ2v) is 8.63. The molecule has 4 rings (SSSR count). The molecule has 0 radical (unpaired) electrons. The van der Waals surface area contributed by atoms with Gasteiger partial charge in [-0.3, -0.25) is 4.79 Å². The van der Waals surface area contributed by atoms with E-state index in [9.17, 15) is 4.79 Å². The summed E-state index contributed by atoms with van der Waals surface area (Å²) in [6, 6.07) is 18.6. The van der Waals surface area contributed by atoms with Crippen molar-refractivity contribution in [2.24, 2.45) is 5.73 Å². The van der Waals surface area contributed by atoms with Crippen molar-refractivity contribution < 1.29 is 4.79 Å². The summed E-state index contributed by atoms with van der Waals surface area (Å²) in [5.41, 5.74) is 9.62. The predicted octanol–water partition coefficient (Wildman–Crippen LogP) is 5.79. The number of imidazole rings is 1. The van der Waals surface area contributed by atoms with Crippen LogP contribution >= 0.6 is 34.8 Å². The number of aromatic nitrogens is 2. The van der Waals surface area contributed by atoms with Gasteiger partial charge in [-0.2, -0.15) is 0 Å². The van der Waals surface area contributed by atoms with Crippen molar-refractivity contribution in [1.29, 1.82) is 0 Å². The van der Waals surface area contributed by atoms with Gasteiger partial charge in [0.1, 0.15) is 5.82 Å². The standard InChI is InChI=1S/C24H21Cl3N4O/c25-18-8-2-15(3-9-18)14-31-22-13-20(27)19(26)12-21(22)30-23(31)16-4-6-17(7-5-16)24(32)29-11-1-10-28/h2-9,12-13H,1,10-11,14,28H2,(H,29,32). The highest BCUT2D eigenvalue weighted by atomic mass is 35.5. The van der Waals surface area contributed by atoms with Crippen LogP contribution in [0.3, 0.4) is 0 Å². The quantitative estimate of drug-likeness (QED) is 0.324. The molecule has 0 atom stereocenters. The molecule has 0 aliphatic heterocycles. The Morgan fingerprint density at radius 2 is 1.66 bits per heavy atom.